The highest BCUT2D eigenvalue weighted by Gasteiger charge is 2.35. The highest BCUT2D eigenvalue weighted by Crippen LogP contribution is 2.45. The van der Waals surface area contributed by atoms with Crippen LogP contribution in [-0.4, -0.2) is 28.7 Å². The summed E-state index contributed by atoms with van der Waals surface area (Å²) in [6, 6.07) is 0. The molecule has 1 aliphatic rings. The van der Waals surface area contributed by atoms with Crippen molar-refractivity contribution in [3.63, 3.8) is 0 Å². The van der Waals surface area contributed by atoms with Gasteiger partial charge in [-0.25, -0.2) is 0 Å². The van der Waals surface area contributed by atoms with Crippen LogP contribution in [0.2, 0.25) is 0 Å². The van der Waals surface area contributed by atoms with Crippen LogP contribution in [-0.2, 0) is 13.0 Å². The molecule has 48 heavy (non-hydrogen) atoms. The normalized spacial score (nSPS) is 17.6. The molecule has 2 rings (SSSR count). The first-order chi connectivity index (χ1) is 23.0. The molecule has 1 heterocycles. The number of ether oxygens (including phenoxy) is 1. The third-order valence-corrected chi connectivity index (χ3v) is 11.7. The summed E-state index contributed by atoms with van der Waals surface area (Å²) in [5.41, 5.74) is 4.49. The summed E-state index contributed by atoms with van der Waals surface area (Å²) in [7, 11) is 0. The van der Waals surface area contributed by atoms with E-state index in [1.165, 1.54) is 134 Å². The minimum absolute atomic E-state index is 0.111. The fraction of sp³-hybridized carbons (Fsp3) is 0.867. The van der Waals surface area contributed by atoms with Gasteiger partial charge in [-0.15, -0.1) is 0 Å². The number of benzene rings is 1. The highest BCUT2D eigenvalue weighted by atomic mass is 16.5. The van der Waals surface area contributed by atoms with Gasteiger partial charge in [0.1, 0.15) is 17.1 Å². The summed E-state index contributed by atoms with van der Waals surface area (Å²) < 4.78 is 7.00. The minimum atomic E-state index is -0.111. The van der Waals surface area contributed by atoms with Crippen molar-refractivity contribution in [1.29, 1.82) is 0 Å². The molecule has 0 amide bonds. The number of phenolic OH excluding ortho intramolecular Hbond substituents is 1. The fourth-order valence-corrected chi connectivity index (χ4v) is 8.04. The topological polar surface area (TPSA) is 32.7 Å². The molecule has 3 unspecified atom stereocenters. The van der Waals surface area contributed by atoms with Crippen LogP contribution in [0.3, 0.4) is 0 Å². The number of fused-ring (bicyclic) bond motifs is 1. The van der Waals surface area contributed by atoms with Gasteiger partial charge >= 0.3 is 0 Å². The van der Waals surface area contributed by atoms with Crippen molar-refractivity contribution in [2.75, 3.05) is 13.1 Å². The van der Waals surface area contributed by atoms with Crippen LogP contribution >= 0.6 is 0 Å². The Morgan fingerprint density at radius 1 is 0.667 bits per heavy atom. The Labute approximate surface area is 300 Å². The van der Waals surface area contributed by atoms with Gasteiger partial charge in [-0.05, 0) is 101 Å². The summed E-state index contributed by atoms with van der Waals surface area (Å²) in [4.78, 5) is 2.66. The van der Waals surface area contributed by atoms with E-state index in [1.807, 2.05) is 0 Å². The zero-order valence-electron chi connectivity index (χ0n) is 33.9. The molecule has 280 valence electrons. The van der Waals surface area contributed by atoms with Gasteiger partial charge in [-0.3, -0.25) is 4.90 Å². The maximum Gasteiger partial charge on any atom is 0.127 e. The van der Waals surface area contributed by atoms with E-state index in [4.69, 9.17) is 4.74 Å². The standard InChI is InChI=1S/C45H83NO2/c1-10-12-14-16-18-20-33-46(34-21-19-17-15-13-11-2)35-42-41-30-32-45(9,48-44(41)40(8)39(7)43(42)47)31-24-29-38(6)28-23-27-37(5)26-22-25-36(3)4/h36-38,47H,10-35H2,1-9H3. The number of nitrogens with zero attached hydrogens (tertiary/aromatic N) is 1. The van der Waals surface area contributed by atoms with Crippen LogP contribution in [0.25, 0.3) is 0 Å². The predicted molar refractivity (Wildman–Crippen MR) is 212 cm³/mol. The molecular formula is C45H83NO2. The van der Waals surface area contributed by atoms with Crippen LogP contribution in [0.1, 0.15) is 212 Å². The highest BCUT2D eigenvalue weighted by molar-refractivity contribution is 5.59. The number of unbranched alkanes of at least 4 members (excludes halogenated alkanes) is 10. The lowest BCUT2D eigenvalue weighted by Gasteiger charge is -2.39. The Morgan fingerprint density at radius 2 is 1.17 bits per heavy atom. The zero-order chi connectivity index (χ0) is 35.4. The molecule has 0 bridgehead atoms. The monoisotopic (exact) mass is 670 g/mol. The molecule has 1 N–H and O–H groups in total. The first-order valence-corrected chi connectivity index (χ1v) is 21.3. The van der Waals surface area contributed by atoms with Crippen LogP contribution in [0, 0.1) is 31.6 Å². The summed E-state index contributed by atoms with van der Waals surface area (Å²) in [6.07, 6.45) is 30.0. The van der Waals surface area contributed by atoms with Gasteiger partial charge in [0.2, 0.25) is 0 Å². The van der Waals surface area contributed by atoms with Crippen molar-refractivity contribution in [2.24, 2.45) is 17.8 Å². The lowest BCUT2D eigenvalue weighted by atomic mass is 9.83. The molecule has 0 radical (unpaired) electrons. The van der Waals surface area contributed by atoms with E-state index in [2.05, 4.69) is 67.2 Å². The average molecular weight is 670 g/mol. The summed E-state index contributed by atoms with van der Waals surface area (Å²) >= 11 is 0. The van der Waals surface area contributed by atoms with Gasteiger partial charge in [0.15, 0.2) is 0 Å². The van der Waals surface area contributed by atoms with Gasteiger partial charge in [0.05, 0.1) is 0 Å². The molecule has 0 spiro atoms. The third-order valence-electron chi connectivity index (χ3n) is 11.7. The van der Waals surface area contributed by atoms with E-state index < -0.39 is 0 Å². The second kappa shape index (κ2) is 24.1. The third kappa shape index (κ3) is 16.2. The van der Waals surface area contributed by atoms with Crippen molar-refractivity contribution in [3.8, 4) is 11.5 Å². The summed E-state index contributed by atoms with van der Waals surface area (Å²) in [5.74, 6) is 4.13. The molecular weight excluding hydrogens is 587 g/mol. The lowest BCUT2D eigenvalue weighted by Crippen LogP contribution is -2.37. The van der Waals surface area contributed by atoms with E-state index in [1.54, 1.807) is 0 Å². The molecule has 0 saturated heterocycles. The maximum absolute atomic E-state index is 11.5. The van der Waals surface area contributed by atoms with Crippen LogP contribution < -0.4 is 4.74 Å². The van der Waals surface area contributed by atoms with Crippen molar-refractivity contribution in [3.05, 3.63) is 22.3 Å². The quantitative estimate of drug-likeness (QED) is 0.0901. The SMILES string of the molecule is CCCCCCCCN(CCCCCCCC)Cc1c(O)c(C)c(C)c2c1CCC(C)(CCCC(C)CCCC(C)CCCC(C)C)O2. The fourth-order valence-electron chi connectivity index (χ4n) is 8.04. The molecule has 0 saturated carbocycles. The number of aromatic hydroxyl groups is 1. The summed E-state index contributed by atoms with van der Waals surface area (Å²) in [6.45, 7) is 24.0. The number of hydrogen-bond donors (Lipinski definition) is 1. The molecule has 1 aromatic carbocycles. The van der Waals surface area contributed by atoms with E-state index >= 15 is 0 Å². The van der Waals surface area contributed by atoms with Crippen molar-refractivity contribution < 1.29 is 9.84 Å². The van der Waals surface area contributed by atoms with Gasteiger partial charge in [-0.2, -0.15) is 0 Å². The van der Waals surface area contributed by atoms with E-state index in [9.17, 15) is 5.11 Å². The molecule has 3 heteroatoms. The van der Waals surface area contributed by atoms with Crippen molar-refractivity contribution in [2.45, 2.75) is 222 Å². The minimum Gasteiger partial charge on any atom is -0.507 e. The Bertz CT molecular complexity index is 970. The van der Waals surface area contributed by atoms with Gasteiger partial charge < -0.3 is 9.84 Å². The lowest BCUT2D eigenvalue weighted by molar-refractivity contribution is 0.0507. The van der Waals surface area contributed by atoms with Crippen LogP contribution in [0.5, 0.6) is 11.5 Å². The van der Waals surface area contributed by atoms with E-state index in [0.29, 0.717) is 5.75 Å². The predicted octanol–water partition coefficient (Wildman–Crippen LogP) is 14.1. The van der Waals surface area contributed by atoms with Gasteiger partial charge in [0.25, 0.3) is 0 Å². The van der Waals surface area contributed by atoms with Gasteiger partial charge in [0, 0.05) is 17.7 Å². The largest absolute Gasteiger partial charge is 0.507 e. The van der Waals surface area contributed by atoms with E-state index in [0.717, 1.165) is 79.1 Å². The molecule has 0 fully saturated rings. The first-order valence-electron chi connectivity index (χ1n) is 21.3. The van der Waals surface area contributed by atoms with Gasteiger partial charge in [-0.1, -0.05) is 151 Å². The second-order valence-corrected chi connectivity index (χ2v) is 17.1. The average Bonchev–Trinajstić information content (AvgIpc) is 3.04. The van der Waals surface area contributed by atoms with Crippen molar-refractivity contribution in [1.82, 2.24) is 4.90 Å². The Hall–Kier alpha value is -1.22. The Balaban J connectivity index is 1.98. The van der Waals surface area contributed by atoms with E-state index in [-0.39, 0.29) is 5.60 Å². The molecule has 1 aliphatic heterocycles. The first kappa shape index (κ1) is 42.9. The number of hydrogen-bond acceptors (Lipinski definition) is 3. The molecule has 0 aliphatic carbocycles. The molecule has 1 aromatic rings. The van der Waals surface area contributed by atoms with Crippen LogP contribution in [0.4, 0.5) is 0 Å². The Morgan fingerprint density at radius 3 is 1.71 bits per heavy atom. The van der Waals surface area contributed by atoms with Crippen molar-refractivity contribution >= 4 is 0 Å². The molecule has 3 nitrogen and oxygen atoms in total. The Kier molecular flexibility index (Phi) is 21.5. The van der Waals surface area contributed by atoms with Crippen LogP contribution in [0.15, 0.2) is 0 Å². The number of rotatable bonds is 28. The molecule has 0 aromatic heterocycles. The molecule has 3 atom stereocenters. The zero-order valence-corrected chi connectivity index (χ0v) is 33.9. The summed E-state index contributed by atoms with van der Waals surface area (Å²) in [5, 5.41) is 11.5. The maximum atomic E-state index is 11.5. The number of phenols is 1. The smallest absolute Gasteiger partial charge is 0.127 e. The second-order valence-electron chi connectivity index (χ2n) is 17.1.